The zero-order valence-corrected chi connectivity index (χ0v) is 21.7. The third-order valence-electron chi connectivity index (χ3n) is 6.08. The van der Waals surface area contributed by atoms with Crippen LogP contribution in [-0.2, 0) is 6.54 Å². The van der Waals surface area contributed by atoms with Crippen molar-refractivity contribution in [2.75, 3.05) is 50.7 Å². The highest BCUT2D eigenvalue weighted by Crippen LogP contribution is 2.18. The van der Waals surface area contributed by atoms with Gasteiger partial charge in [-0.15, -0.1) is 24.0 Å². The number of rotatable bonds is 5. The SMILES string of the molecule is CCNC(=NCc1ccc(N2CCCCCC2)nc1)N1CCN(C(=O)c2ccco2)CC1.I. The van der Waals surface area contributed by atoms with Gasteiger partial charge in [-0.25, -0.2) is 9.98 Å². The van der Waals surface area contributed by atoms with E-state index in [4.69, 9.17) is 14.4 Å². The van der Waals surface area contributed by atoms with Crippen LogP contribution in [0.5, 0.6) is 0 Å². The number of halogens is 1. The number of hydrogen-bond acceptors (Lipinski definition) is 5. The number of pyridine rings is 1. The van der Waals surface area contributed by atoms with Crippen LogP contribution in [0, 0.1) is 0 Å². The number of carbonyl (C=O) groups is 1. The lowest BCUT2D eigenvalue weighted by Crippen LogP contribution is -2.53. The number of amides is 1. The third kappa shape index (κ3) is 6.84. The topological polar surface area (TPSA) is 77.2 Å². The van der Waals surface area contributed by atoms with Gasteiger partial charge in [-0.2, -0.15) is 0 Å². The number of nitrogens with zero attached hydrogens (tertiary/aromatic N) is 5. The molecule has 4 heterocycles. The Morgan fingerprint density at radius 2 is 1.76 bits per heavy atom. The molecule has 9 heteroatoms. The molecular formula is C24H35IN6O2. The maximum atomic E-state index is 12.5. The van der Waals surface area contributed by atoms with E-state index in [9.17, 15) is 4.79 Å². The van der Waals surface area contributed by atoms with Crippen LogP contribution in [0.1, 0.15) is 48.7 Å². The van der Waals surface area contributed by atoms with Gasteiger partial charge < -0.3 is 24.4 Å². The molecule has 1 amide bonds. The fraction of sp³-hybridized carbons (Fsp3) is 0.542. The van der Waals surface area contributed by atoms with Gasteiger partial charge in [0.1, 0.15) is 5.82 Å². The van der Waals surface area contributed by atoms with Crippen LogP contribution in [0.4, 0.5) is 5.82 Å². The quantitative estimate of drug-likeness (QED) is 0.339. The predicted octanol–water partition coefficient (Wildman–Crippen LogP) is 3.60. The fourth-order valence-electron chi connectivity index (χ4n) is 4.27. The molecule has 2 aromatic heterocycles. The van der Waals surface area contributed by atoms with E-state index in [0.717, 1.165) is 50.1 Å². The second kappa shape index (κ2) is 12.8. The number of guanidine groups is 1. The van der Waals surface area contributed by atoms with Gasteiger partial charge in [0.05, 0.1) is 12.8 Å². The normalized spacial score (nSPS) is 17.4. The Morgan fingerprint density at radius 3 is 2.36 bits per heavy atom. The number of aliphatic imine (C=N–C) groups is 1. The van der Waals surface area contributed by atoms with E-state index in [1.807, 2.05) is 11.1 Å². The highest BCUT2D eigenvalue weighted by atomic mass is 127. The predicted molar refractivity (Wildman–Crippen MR) is 141 cm³/mol. The van der Waals surface area contributed by atoms with Crippen molar-refractivity contribution in [3.63, 3.8) is 0 Å². The molecule has 4 rings (SSSR count). The average Bonchev–Trinajstić information content (AvgIpc) is 3.24. The van der Waals surface area contributed by atoms with Crippen LogP contribution < -0.4 is 10.2 Å². The first kappa shape index (κ1) is 25.3. The molecule has 0 aliphatic carbocycles. The Balaban J connectivity index is 0.00000306. The molecule has 0 radical (unpaired) electrons. The molecule has 0 saturated carbocycles. The largest absolute Gasteiger partial charge is 0.459 e. The molecule has 0 atom stereocenters. The molecule has 2 aliphatic rings. The van der Waals surface area contributed by atoms with E-state index < -0.39 is 0 Å². The van der Waals surface area contributed by atoms with Gasteiger partial charge in [0.15, 0.2) is 11.7 Å². The van der Waals surface area contributed by atoms with Gasteiger partial charge in [-0.1, -0.05) is 18.9 Å². The van der Waals surface area contributed by atoms with Crippen LogP contribution in [-0.4, -0.2) is 72.5 Å². The van der Waals surface area contributed by atoms with E-state index >= 15 is 0 Å². The number of piperazine rings is 1. The molecule has 1 N–H and O–H groups in total. The molecule has 0 aromatic carbocycles. The molecule has 2 fully saturated rings. The van der Waals surface area contributed by atoms with Crippen molar-refractivity contribution in [1.82, 2.24) is 20.1 Å². The monoisotopic (exact) mass is 566 g/mol. The minimum Gasteiger partial charge on any atom is -0.459 e. The maximum absolute atomic E-state index is 12.5. The molecule has 33 heavy (non-hydrogen) atoms. The Labute approximate surface area is 213 Å². The summed E-state index contributed by atoms with van der Waals surface area (Å²) in [5.74, 6) is 2.31. The summed E-state index contributed by atoms with van der Waals surface area (Å²) in [5.41, 5.74) is 1.10. The summed E-state index contributed by atoms with van der Waals surface area (Å²) in [4.78, 5) is 28.5. The highest BCUT2D eigenvalue weighted by Gasteiger charge is 2.25. The van der Waals surface area contributed by atoms with Crippen molar-refractivity contribution in [3.8, 4) is 0 Å². The van der Waals surface area contributed by atoms with Crippen molar-refractivity contribution in [2.45, 2.75) is 39.2 Å². The summed E-state index contributed by atoms with van der Waals surface area (Å²) in [6, 6.07) is 7.73. The fourth-order valence-corrected chi connectivity index (χ4v) is 4.27. The van der Waals surface area contributed by atoms with Crippen LogP contribution in [0.2, 0.25) is 0 Å². The molecule has 180 valence electrons. The zero-order chi connectivity index (χ0) is 22.2. The van der Waals surface area contributed by atoms with Gasteiger partial charge in [0.2, 0.25) is 0 Å². The summed E-state index contributed by atoms with van der Waals surface area (Å²) in [6.07, 6.45) is 8.63. The first-order valence-corrected chi connectivity index (χ1v) is 11.8. The third-order valence-corrected chi connectivity index (χ3v) is 6.08. The van der Waals surface area contributed by atoms with Crippen molar-refractivity contribution in [2.24, 2.45) is 4.99 Å². The summed E-state index contributed by atoms with van der Waals surface area (Å²) in [5, 5.41) is 3.39. The summed E-state index contributed by atoms with van der Waals surface area (Å²) in [6.45, 7) is 8.44. The molecule has 8 nitrogen and oxygen atoms in total. The standard InChI is InChI=1S/C24H34N6O2.HI/c1-2-25-24(30-15-13-29(14-16-30)23(31)21-8-7-17-32-21)27-19-20-9-10-22(26-18-20)28-11-5-3-4-6-12-28;/h7-10,17-18H,2-6,11-16,19H2,1H3,(H,25,27);1H. The van der Waals surface area contributed by atoms with E-state index in [1.54, 1.807) is 12.1 Å². The number of aromatic nitrogens is 1. The van der Waals surface area contributed by atoms with Gasteiger partial charge in [0, 0.05) is 52.0 Å². The molecule has 2 aliphatic heterocycles. The molecule has 2 saturated heterocycles. The molecule has 0 unspecified atom stereocenters. The first-order valence-electron chi connectivity index (χ1n) is 11.8. The lowest BCUT2D eigenvalue weighted by molar-refractivity contribution is 0.0657. The number of anilines is 1. The van der Waals surface area contributed by atoms with Crippen molar-refractivity contribution in [1.29, 1.82) is 0 Å². The molecule has 0 bridgehead atoms. The smallest absolute Gasteiger partial charge is 0.289 e. The van der Waals surface area contributed by atoms with Gasteiger partial charge in [-0.3, -0.25) is 4.79 Å². The minimum atomic E-state index is -0.0489. The average molecular weight is 566 g/mol. The molecule has 0 spiro atoms. The van der Waals surface area contributed by atoms with Crippen molar-refractivity contribution < 1.29 is 9.21 Å². The van der Waals surface area contributed by atoms with Gasteiger partial charge >= 0.3 is 0 Å². The second-order valence-corrected chi connectivity index (χ2v) is 8.35. The number of nitrogens with one attached hydrogen (secondary N) is 1. The number of carbonyl (C=O) groups excluding carboxylic acids is 1. The Hall–Kier alpha value is -2.30. The van der Waals surface area contributed by atoms with Crippen molar-refractivity contribution in [3.05, 3.63) is 48.0 Å². The van der Waals surface area contributed by atoms with E-state index in [-0.39, 0.29) is 29.9 Å². The number of furan rings is 1. The van der Waals surface area contributed by atoms with Gasteiger partial charge in [0.25, 0.3) is 5.91 Å². The van der Waals surface area contributed by atoms with Crippen LogP contribution in [0.15, 0.2) is 46.1 Å². The summed E-state index contributed by atoms with van der Waals surface area (Å²) in [7, 11) is 0. The molecule has 2 aromatic rings. The lowest BCUT2D eigenvalue weighted by atomic mass is 10.2. The number of hydrogen-bond donors (Lipinski definition) is 1. The zero-order valence-electron chi connectivity index (χ0n) is 19.4. The van der Waals surface area contributed by atoms with Gasteiger partial charge in [-0.05, 0) is 43.5 Å². The Kier molecular flexibility index (Phi) is 9.83. The Bertz CT molecular complexity index is 871. The first-order chi connectivity index (χ1) is 15.7. The van der Waals surface area contributed by atoms with E-state index in [0.29, 0.717) is 25.4 Å². The molecular weight excluding hydrogens is 531 g/mol. The van der Waals surface area contributed by atoms with Crippen LogP contribution in [0.25, 0.3) is 0 Å². The van der Waals surface area contributed by atoms with Crippen molar-refractivity contribution >= 4 is 41.7 Å². The maximum Gasteiger partial charge on any atom is 0.289 e. The highest BCUT2D eigenvalue weighted by molar-refractivity contribution is 14.0. The lowest BCUT2D eigenvalue weighted by Gasteiger charge is -2.36. The van der Waals surface area contributed by atoms with E-state index in [1.165, 1.54) is 31.9 Å². The summed E-state index contributed by atoms with van der Waals surface area (Å²) < 4.78 is 5.25. The van der Waals surface area contributed by atoms with Crippen LogP contribution >= 0.6 is 24.0 Å². The Morgan fingerprint density at radius 1 is 1.03 bits per heavy atom. The minimum absolute atomic E-state index is 0. The second-order valence-electron chi connectivity index (χ2n) is 8.35. The van der Waals surface area contributed by atoms with Crippen LogP contribution in [0.3, 0.4) is 0 Å². The summed E-state index contributed by atoms with van der Waals surface area (Å²) >= 11 is 0. The van der Waals surface area contributed by atoms with E-state index in [2.05, 4.69) is 34.2 Å².